The van der Waals surface area contributed by atoms with Gasteiger partial charge in [0.1, 0.15) is 0 Å². The predicted molar refractivity (Wildman–Crippen MR) is 38.6 cm³/mol. The molecule has 1 aromatic heterocycles. The van der Waals surface area contributed by atoms with Crippen LogP contribution in [0.4, 0.5) is 0 Å². The van der Waals surface area contributed by atoms with E-state index >= 15 is 0 Å². The van der Waals surface area contributed by atoms with E-state index in [1.54, 1.807) is 0 Å². The van der Waals surface area contributed by atoms with Crippen molar-refractivity contribution in [1.82, 2.24) is 10.2 Å². The highest BCUT2D eigenvalue weighted by Gasteiger charge is 2.24. The van der Waals surface area contributed by atoms with E-state index in [-0.39, 0.29) is 0 Å². The smallest absolute Gasteiger partial charge is 0.230 e. The Morgan fingerprint density at radius 2 is 2.09 bits per heavy atom. The van der Waals surface area contributed by atoms with Gasteiger partial charge in [0, 0.05) is 6.42 Å². The molecule has 0 atom stereocenters. The van der Waals surface area contributed by atoms with E-state index in [1.807, 2.05) is 0 Å². The van der Waals surface area contributed by atoms with Crippen molar-refractivity contribution in [3.8, 4) is 0 Å². The zero-order valence-corrected chi connectivity index (χ0v) is 6.29. The summed E-state index contributed by atoms with van der Waals surface area (Å²) in [5.74, 6) is 2.08. The third-order valence-electron chi connectivity index (χ3n) is 1.84. The molecular formula is C7H11N3O. The Balaban J connectivity index is 1.99. The number of nitrogens with zero attached hydrogens (tertiary/aromatic N) is 2. The monoisotopic (exact) mass is 153 g/mol. The first-order valence-corrected chi connectivity index (χ1v) is 3.90. The Hall–Kier alpha value is -0.900. The van der Waals surface area contributed by atoms with E-state index in [2.05, 4.69) is 10.2 Å². The Kier molecular flexibility index (Phi) is 1.62. The highest BCUT2D eigenvalue weighted by atomic mass is 16.4. The zero-order valence-electron chi connectivity index (χ0n) is 6.29. The van der Waals surface area contributed by atoms with E-state index in [1.165, 1.54) is 12.8 Å². The summed E-state index contributed by atoms with van der Waals surface area (Å²) in [6.07, 6.45) is 3.55. The topological polar surface area (TPSA) is 64.9 Å². The first kappa shape index (κ1) is 6.79. The minimum absolute atomic E-state index is 0.345. The molecule has 0 spiro atoms. The van der Waals surface area contributed by atoms with Crippen LogP contribution in [0.2, 0.25) is 0 Å². The summed E-state index contributed by atoms with van der Waals surface area (Å²) in [7, 11) is 0. The van der Waals surface area contributed by atoms with Crippen LogP contribution in [0.3, 0.4) is 0 Å². The van der Waals surface area contributed by atoms with Crippen LogP contribution in [0.1, 0.15) is 24.6 Å². The normalized spacial score (nSPS) is 17.2. The van der Waals surface area contributed by atoms with E-state index in [4.69, 9.17) is 10.2 Å². The molecule has 1 aliphatic carbocycles. The molecule has 0 radical (unpaired) electrons. The molecule has 0 bridgehead atoms. The lowest BCUT2D eigenvalue weighted by Crippen LogP contribution is -1.95. The predicted octanol–water partition coefficient (Wildman–Crippen LogP) is 0.481. The van der Waals surface area contributed by atoms with E-state index < -0.39 is 0 Å². The van der Waals surface area contributed by atoms with Crippen molar-refractivity contribution >= 4 is 0 Å². The largest absolute Gasteiger partial charge is 0.424 e. The third-order valence-corrected chi connectivity index (χ3v) is 1.84. The fourth-order valence-corrected chi connectivity index (χ4v) is 1.02. The van der Waals surface area contributed by atoms with Gasteiger partial charge in [0.2, 0.25) is 11.8 Å². The van der Waals surface area contributed by atoms with Gasteiger partial charge in [0.25, 0.3) is 0 Å². The van der Waals surface area contributed by atoms with Crippen LogP contribution in [0, 0.1) is 5.92 Å². The third kappa shape index (κ3) is 1.57. The SMILES string of the molecule is NCc1nnc(CC2CC2)o1. The second kappa shape index (κ2) is 2.62. The Bertz CT molecular complexity index is 242. The summed E-state index contributed by atoms with van der Waals surface area (Å²) in [6, 6.07) is 0. The lowest BCUT2D eigenvalue weighted by molar-refractivity contribution is 0.442. The van der Waals surface area contributed by atoms with Gasteiger partial charge in [-0.2, -0.15) is 0 Å². The van der Waals surface area contributed by atoms with E-state index in [0.29, 0.717) is 12.4 Å². The van der Waals surface area contributed by atoms with Gasteiger partial charge in [0.05, 0.1) is 6.54 Å². The molecule has 1 heterocycles. The number of aromatic nitrogens is 2. The quantitative estimate of drug-likeness (QED) is 0.686. The van der Waals surface area contributed by atoms with E-state index in [9.17, 15) is 0 Å². The van der Waals surface area contributed by atoms with Gasteiger partial charge < -0.3 is 10.2 Å². The molecule has 60 valence electrons. The molecule has 0 unspecified atom stereocenters. The van der Waals surface area contributed by atoms with Crippen LogP contribution in [-0.4, -0.2) is 10.2 Å². The average molecular weight is 153 g/mol. The van der Waals surface area contributed by atoms with Gasteiger partial charge in [-0.3, -0.25) is 0 Å². The molecule has 4 heteroatoms. The molecule has 1 saturated carbocycles. The Labute approximate surface area is 64.8 Å². The van der Waals surface area contributed by atoms with Gasteiger partial charge in [-0.1, -0.05) is 0 Å². The lowest BCUT2D eigenvalue weighted by Gasteiger charge is -1.87. The molecular weight excluding hydrogens is 142 g/mol. The van der Waals surface area contributed by atoms with Crippen molar-refractivity contribution in [3.63, 3.8) is 0 Å². The van der Waals surface area contributed by atoms with Crippen LogP contribution in [-0.2, 0) is 13.0 Å². The van der Waals surface area contributed by atoms with Gasteiger partial charge in [0.15, 0.2) is 0 Å². The van der Waals surface area contributed by atoms with Crippen molar-refractivity contribution in [1.29, 1.82) is 0 Å². The van der Waals surface area contributed by atoms with E-state index in [0.717, 1.165) is 18.2 Å². The first-order chi connectivity index (χ1) is 5.38. The van der Waals surface area contributed by atoms with Crippen LogP contribution in [0.5, 0.6) is 0 Å². The van der Waals surface area contributed by atoms with Crippen molar-refractivity contribution in [2.45, 2.75) is 25.8 Å². The highest BCUT2D eigenvalue weighted by molar-refractivity contribution is 4.87. The molecule has 1 aliphatic rings. The molecule has 0 aromatic carbocycles. The number of rotatable bonds is 3. The minimum Gasteiger partial charge on any atom is -0.424 e. The minimum atomic E-state index is 0.345. The summed E-state index contributed by atoms with van der Waals surface area (Å²) in [5, 5.41) is 7.64. The Morgan fingerprint density at radius 1 is 1.36 bits per heavy atom. The van der Waals surface area contributed by atoms with Crippen LogP contribution in [0.25, 0.3) is 0 Å². The Morgan fingerprint density at radius 3 is 2.64 bits per heavy atom. The maximum absolute atomic E-state index is 5.31. The van der Waals surface area contributed by atoms with Gasteiger partial charge in [-0.25, -0.2) is 0 Å². The molecule has 0 saturated heterocycles. The second-order valence-electron chi connectivity index (χ2n) is 2.94. The van der Waals surface area contributed by atoms with Crippen LogP contribution in [0.15, 0.2) is 4.42 Å². The maximum atomic E-state index is 5.31. The number of hydrogen-bond donors (Lipinski definition) is 1. The fraction of sp³-hybridized carbons (Fsp3) is 0.714. The average Bonchev–Trinajstić information content (AvgIpc) is 2.68. The molecule has 0 aliphatic heterocycles. The summed E-state index contributed by atoms with van der Waals surface area (Å²) in [4.78, 5) is 0. The lowest BCUT2D eigenvalue weighted by atomic mass is 10.3. The van der Waals surface area contributed by atoms with Crippen molar-refractivity contribution in [2.24, 2.45) is 11.7 Å². The highest BCUT2D eigenvalue weighted by Crippen LogP contribution is 2.31. The number of hydrogen-bond acceptors (Lipinski definition) is 4. The molecule has 0 amide bonds. The first-order valence-electron chi connectivity index (χ1n) is 3.90. The van der Waals surface area contributed by atoms with Gasteiger partial charge in [-0.15, -0.1) is 10.2 Å². The summed E-state index contributed by atoms with van der Waals surface area (Å²) in [5.41, 5.74) is 5.31. The second-order valence-corrected chi connectivity index (χ2v) is 2.94. The standard InChI is InChI=1S/C7H11N3O/c8-4-7-10-9-6(11-7)3-5-1-2-5/h5H,1-4,8H2. The summed E-state index contributed by atoms with van der Waals surface area (Å²) >= 11 is 0. The molecule has 2 rings (SSSR count). The van der Waals surface area contributed by atoms with Crippen LogP contribution >= 0.6 is 0 Å². The molecule has 2 N–H and O–H groups in total. The number of nitrogens with two attached hydrogens (primary N) is 1. The summed E-state index contributed by atoms with van der Waals surface area (Å²) in [6.45, 7) is 0.345. The zero-order chi connectivity index (χ0) is 7.68. The molecule has 4 nitrogen and oxygen atoms in total. The summed E-state index contributed by atoms with van der Waals surface area (Å²) < 4.78 is 5.24. The van der Waals surface area contributed by atoms with Gasteiger partial charge >= 0.3 is 0 Å². The maximum Gasteiger partial charge on any atom is 0.230 e. The molecule has 1 aromatic rings. The molecule has 11 heavy (non-hydrogen) atoms. The van der Waals surface area contributed by atoms with Crippen molar-refractivity contribution in [2.75, 3.05) is 0 Å². The van der Waals surface area contributed by atoms with Gasteiger partial charge in [-0.05, 0) is 18.8 Å². The fourth-order valence-electron chi connectivity index (χ4n) is 1.02. The van der Waals surface area contributed by atoms with Crippen LogP contribution < -0.4 is 5.73 Å². The molecule has 1 fully saturated rings. The van der Waals surface area contributed by atoms with Crippen molar-refractivity contribution in [3.05, 3.63) is 11.8 Å². The van der Waals surface area contributed by atoms with Crippen molar-refractivity contribution < 1.29 is 4.42 Å².